The number of likely N-dealkylation sites (N-methyl/N-ethyl adjacent to an activating group) is 1. The Morgan fingerprint density at radius 1 is 0.976 bits per heavy atom. The van der Waals surface area contributed by atoms with E-state index in [1.165, 1.54) is 6.42 Å². The van der Waals surface area contributed by atoms with Gasteiger partial charge in [-0.3, -0.25) is 4.79 Å². The molecule has 5 rings (SSSR count). The zero-order valence-electron chi connectivity index (χ0n) is 24.2. The SMILES string of the molecule is C=CC(=O)Nc1cc(Oc2nc(Nc3ccc(N4CCN(C)CC4)cc3OC)ccc2N2CCCCC2)ccc1C#N. The first kappa shape index (κ1) is 28.8. The molecule has 3 aromatic rings. The van der Waals surface area contributed by atoms with Crippen LogP contribution in [0.2, 0.25) is 0 Å². The lowest BCUT2D eigenvalue weighted by molar-refractivity contribution is -0.111. The Kier molecular flexibility index (Phi) is 9.09. The monoisotopic (exact) mass is 567 g/mol. The predicted octanol–water partition coefficient (Wildman–Crippen LogP) is 5.36. The van der Waals surface area contributed by atoms with Crippen molar-refractivity contribution >= 4 is 34.5 Å². The summed E-state index contributed by atoms with van der Waals surface area (Å²) in [4.78, 5) is 23.8. The van der Waals surface area contributed by atoms with Crippen molar-refractivity contribution < 1.29 is 14.3 Å². The standard InChI is InChI=1S/C32H37N7O3/c1-4-31(40)35-27-21-25(10-8-23(27)22-33)42-32-28(39-14-6-5-7-15-39)12-13-30(36-32)34-26-11-9-24(20-29(26)41-3)38-18-16-37(2)17-19-38/h4,8-13,20-21H,1,5-7,14-19H2,2-3H3,(H,34,36)(H,35,40). The summed E-state index contributed by atoms with van der Waals surface area (Å²) in [5, 5.41) is 15.6. The van der Waals surface area contributed by atoms with Crippen LogP contribution in [0.4, 0.5) is 28.6 Å². The first-order chi connectivity index (χ1) is 20.5. The summed E-state index contributed by atoms with van der Waals surface area (Å²) >= 11 is 0. The fourth-order valence-corrected chi connectivity index (χ4v) is 5.22. The average Bonchev–Trinajstić information content (AvgIpc) is 3.02. The maximum Gasteiger partial charge on any atom is 0.247 e. The Labute approximate surface area is 247 Å². The minimum Gasteiger partial charge on any atom is -0.494 e. The molecule has 2 saturated heterocycles. The van der Waals surface area contributed by atoms with Crippen molar-refractivity contribution in [2.75, 3.05) is 73.9 Å². The summed E-state index contributed by atoms with van der Waals surface area (Å²) in [5.74, 6) is 1.80. The molecule has 2 aromatic carbocycles. The lowest BCUT2D eigenvalue weighted by Gasteiger charge is -2.34. The molecule has 10 heteroatoms. The van der Waals surface area contributed by atoms with E-state index < -0.39 is 5.91 Å². The Bertz CT molecular complexity index is 1470. The molecule has 3 heterocycles. The number of amides is 1. The smallest absolute Gasteiger partial charge is 0.247 e. The van der Waals surface area contributed by atoms with Crippen LogP contribution in [0.5, 0.6) is 17.4 Å². The number of piperidine rings is 1. The second-order valence-corrected chi connectivity index (χ2v) is 10.5. The van der Waals surface area contributed by atoms with Crippen LogP contribution < -0.4 is 29.9 Å². The zero-order chi connectivity index (χ0) is 29.5. The molecular weight excluding hydrogens is 530 g/mol. The minimum atomic E-state index is -0.408. The number of rotatable bonds is 9. The fraction of sp³-hybridized carbons (Fsp3) is 0.344. The highest BCUT2D eigenvalue weighted by molar-refractivity contribution is 5.99. The van der Waals surface area contributed by atoms with E-state index in [1.54, 1.807) is 25.3 Å². The van der Waals surface area contributed by atoms with Crippen LogP contribution in [-0.4, -0.2) is 69.2 Å². The molecule has 0 aliphatic carbocycles. The molecule has 2 N–H and O–H groups in total. The number of hydrogen-bond acceptors (Lipinski definition) is 9. The molecule has 2 fully saturated rings. The number of hydrogen-bond donors (Lipinski definition) is 2. The van der Waals surface area contributed by atoms with Gasteiger partial charge in [-0.25, -0.2) is 0 Å². The fourth-order valence-electron chi connectivity index (χ4n) is 5.22. The third-order valence-corrected chi connectivity index (χ3v) is 7.62. The highest BCUT2D eigenvalue weighted by atomic mass is 16.5. The van der Waals surface area contributed by atoms with Gasteiger partial charge >= 0.3 is 0 Å². The summed E-state index contributed by atoms with van der Waals surface area (Å²) < 4.78 is 12.1. The molecule has 2 aliphatic rings. The molecule has 10 nitrogen and oxygen atoms in total. The van der Waals surface area contributed by atoms with Gasteiger partial charge < -0.3 is 34.8 Å². The number of aromatic nitrogens is 1. The third-order valence-electron chi connectivity index (χ3n) is 7.62. The van der Waals surface area contributed by atoms with E-state index in [0.717, 1.165) is 81.0 Å². The largest absolute Gasteiger partial charge is 0.494 e. The number of nitrogens with one attached hydrogen (secondary N) is 2. The van der Waals surface area contributed by atoms with Crippen molar-refractivity contribution in [1.29, 1.82) is 5.26 Å². The Balaban J connectivity index is 1.43. The number of benzene rings is 2. The molecule has 0 unspecified atom stereocenters. The molecule has 2 aliphatic heterocycles. The van der Waals surface area contributed by atoms with Crippen LogP contribution >= 0.6 is 0 Å². The lowest BCUT2D eigenvalue weighted by Crippen LogP contribution is -2.44. The Hall–Kier alpha value is -4.75. The third kappa shape index (κ3) is 6.75. The lowest BCUT2D eigenvalue weighted by atomic mass is 10.1. The van der Waals surface area contributed by atoms with Gasteiger partial charge in [0.2, 0.25) is 11.8 Å². The number of carbonyl (C=O) groups is 1. The Morgan fingerprint density at radius 2 is 1.76 bits per heavy atom. The molecule has 0 radical (unpaired) electrons. The number of nitrogens with zero attached hydrogens (tertiary/aromatic N) is 5. The Morgan fingerprint density at radius 3 is 2.48 bits per heavy atom. The van der Waals surface area contributed by atoms with E-state index in [9.17, 15) is 10.1 Å². The summed E-state index contributed by atoms with van der Waals surface area (Å²) in [6, 6.07) is 17.2. The van der Waals surface area contributed by atoms with Crippen LogP contribution in [0.1, 0.15) is 24.8 Å². The van der Waals surface area contributed by atoms with Crippen molar-refractivity contribution in [2.45, 2.75) is 19.3 Å². The van der Waals surface area contributed by atoms with Gasteiger partial charge in [0.15, 0.2) is 0 Å². The summed E-state index contributed by atoms with van der Waals surface area (Å²) in [7, 11) is 3.82. The zero-order valence-corrected chi connectivity index (χ0v) is 24.2. The number of pyridine rings is 1. The number of piperazine rings is 1. The van der Waals surface area contributed by atoms with Crippen molar-refractivity contribution in [2.24, 2.45) is 0 Å². The van der Waals surface area contributed by atoms with Crippen LogP contribution in [0.15, 0.2) is 61.2 Å². The van der Waals surface area contributed by atoms with Gasteiger partial charge in [-0.15, -0.1) is 0 Å². The summed E-state index contributed by atoms with van der Waals surface area (Å²) in [6.07, 6.45) is 4.56. The van der Waals surface area contributed by atoms with Gasteiger partial charge in [-0.2, -0.15) is 10.2 Å². The van der Waals surface area contributed by atoms with Crippen LogP contribution in [-0.2, 0) is 4.79 Å². The highest BCUT2D eigenvalue weighted by Gasteiger charge is 2.20. The van der Waals surface area contributed by atoms with Gasteiger partial charge in [-0.05, 0) is 68.8 Å². The number of carbonyl (C=O) groups excluding carboxylic acids is 1. The number of anilines is 5. The number of methoxy groups -OCH3 is 1. The second kappa shape index (κ2) is 13.3. The summed E-state index contributed by atoms with van der Waals surface area (Å²) in [5.41, 5.74) is 3.48. The van der Waals surface area contributed by atoms with E-state index in [4.69, 9.17) is 14.5 Å². The first-order valence-corrected chi connectivity index (χ1v) is 14.3. The van der Waals surface area contributed by atoms with E-state index in [-0.39, 0.29) is 0 Å². The van der Waals surface area contributed by atoms with Crippen molar-refractivity contribution in [3.05, 3.63) is 66.7 Å². The summed E-state index contributed by atoms with van der Waals surface area (Å²) in [6.45, 7) is 9.33. The number of ether oxygens (including phenoxy) is 2. The van der Waals surface area contributed by atoms with E-state index in [0.29, 0.717) is 28.7 Å². The van der Waals surface area contributed by atoms with Crippen LogP contribution in [0.25, 0.3) is 0 Å². The number of nitriles is 1. The first-order valence-electron chi connectivity index (χ1n) is 14.3. The molecular formula is C32H37N7O3. The van der Waals surface area contributed by atoms with Gasteiger partial charge in [0.1, 0.15) is 29.1 Å². The van der Waals surface area contributed by atoms with Crippen LogP contribution in [0.3, 0.4) is 0 Å². The normalized spacial score (nSPS) is 15.5. The van der Waals surface area contributed by atoms with Gasteiger partial charge in [0, 0.05) is 57.1 Å². The van der Waals surface area contributed by atoms with Gasteiger partial charge in [-0.1, -0.05) is 6.58 Å². The average molecular weight is 568 g/mol. The maximum atomic E-state index is 12.0. The molecule has 0 atom stereocenters. The highest BCUT2D eigenvalue weighted by Crippen LogP contribution is 2.37. The van der Waals surface area contributed by atoms with E-state index >= 15 is 0 Å². The molecule has 1 aromatic heterocycles. The molecule has 1 amide bonds. The topological polar surface area (TPSA) is 106 Å². The van der Waals surface area contributed by atoms with E-state index in [2.05, 4.69) is 57.2 Å². The maximum absolute atomic E-state index is 12.0. The molecule has 0 saturated carbocycles. The molecule has 218 valence electrons. The molecule has 0 spiro atoms. The van der Waals surface area contributed by atoms with Crippen LogP contribution in [0, 0.1) is 11.3 Å². The van der Waals surface area contributed by atoms with Gasteiger partial charge in [0.05, 0.1) is 24.0 Å². The quantitative estimate of drug-likeness (QED) is 0.330. The van der Waals surface area contributed by atoms with Crippen molar-refractivity contribution in [1.82, 2.24) is 9.88 Å². The molecule has 42 heavy (non-hydrogen) atoms. The van der Waals surface area contributed by atoms with Gasteiger partial charge in [0.25, 0.3) is 0 Å². The van der Waals surface area contributed by atoms with E-state index in [1.807, 2.05) is 18.2 Å². The van der Waals surface area contributed by atoms with Crippen molar-refractivity contribution in [3.8, 4) is 23.4 Å². The minimum absolute atomic E-state index is 0.323. The second-order valence-electron chi connectivity index (χ2n) is 10.5. The predicted molar refractivity (Wildman–Crippen MR) is 166 cm³/mol. The molecule has 0 bridgehead atoms. The van der Waals surface area contributed by atoms with Crippen molar-refractivity contribution in [3.63, 3.8) is 0 Å².